The SMILES string of the molecule is Nc1cc(N)c(CCOc2ccc(/C=C/C(=O)Oc3ccc(C4CCCCC4)cc3)cc2)c(C(=O)O)c1. The van der Waals surface area contributed by atoms with Crippen molar-refractivity contribution >= 4 is 29.4 Å². The molecule has 3 aromatic rings. The third-order valence-corrected chi connectivity index (χ3v) is 6.63. The molecule has 0 bridgehead atoms. The summed E-state index contributed by atoms with van der Waals surface area (Å²) in [6, 6.07) is 18.0. The number of aromatic carboxylic acids is 1. The molecule has 0 amide bonds. The minimum atomic E-state index is -1.08. The molecular weight excluding hydrogens is 468 g/mol. The molecule has 7 heteroatoms. The lowest BCUT2D eigenvalue weighted by Crippen LogP contribution is -2.11. The number of hydrogen-bond acceptors (Lipinski definition) is 6. The van der Waals surface area contributed by atoms with Gasteiger partial charge in [-0.25, -0.2) is 9.59 Å². The minimum absolute atomic E-state index is 0.0774. The molecule has 1 aliphatic rings. The summed E-state index contributed by atoms with van der Waals surface area (Å²) < 4.78 is 11.2. The number of nitrogens with two attached hydrogens (primary N) is 2. The Morgan fingerprint density at radius 2 is 1.59 bits per heavy atom. The van der Waals surface area contributed by atoms with E-state index in [9.17, 15) is 14.7 Å². The van der Waals surface area contributed by atoms with Gasteiger partial charge in [0.25, 0.3) is 0 Å². The highest BCUT2D eigenvalue weighted by Crippen LogP contribution is 2.33. The van der Waals surface area contributed by atoms with Crippen LogP contribution in [0.2, 0.25) is 0 Å². The van der Waals surface area contributed by atoms with Crippen molar-refractivity contribution in [2.45, 2.75) is 44.4 Å². The highest BCUT2D eigenvalue weighted by atomic mass is 16.5. The van der Waals surface area contributed by atoms with Crippen LogP contribution in [0.25, 0.3) is 6.08 Å². The first-order valence-electron chi connectivity index (χ1n) is 12.5. The third kappa shape index (κ3) is 7.13. The maximum Gasteiger partial charge on any atom is 0.336 e. The van der Waals surface area contributed by atoms with Gasteiger partial charge in [-0.1, -0.05) is 43.5 Å². The summed E-state index contributed by atoms with van der Waals surface area (Å²) >= 11 is 0. The molecule has 1 saturated carbocycles. The fraction of sp³-hybridized carbons (Fsp3) is 0.267. The first kappa shape index (κ1) is 25.8. The molecule has 0 aromatic heterocycles. The Bertz CT molecular complexity index is 1260. The van der Waals surface area contributed by atoms with Gasteiger partial charge in [-0.15, -0.1) is 0 Å². The molecule has 0 radical (unpaired) electrons. The number of carbonyl (C=O) groups is 2. The Morgan fingerprint density at radius 3 is 2.27 bits per heavy atom. The average molecular weight is 501 g/mol. The summed E-state index contributed by atoms with van der Waals surface area (Å²) in [4.78, 5) is 23.7. The van der Waals surface area contributed by atoms with Gasteiger partial charge in [-0.2, -0.15) is 0 Å². The molecule has 1 fully saturated rings. The van der Waals surface area contributed by atoms with Crippen molar-refractivity contribution in [3.8, 4) is 11.5 Å². The lowest BCUT2D eigenvalue weighted by molar-refractivity contribution is -0.128. The second kappa shape index (κ2) is 12.1. The molecule has 5 N–H and O–H groups in total. The van der Waals surface area contributed by atoms with Crippen LogP contribution in [-0.2, 0) is 11.2 Å². The average Bonchev–Trinajstić information content (AvgIpc) is 2.90. The van der Waals surface area contributed by atoms with E-state index in [0.29, 0.717) is 40.8 Å². The lowest BCUT2D eigenvalue weighted by atomic mass is 9.84. The van der Waals surface area contributed by atoms with E-state index in [1.54, 1.807) is 24.3 Å². The fourth-order valence-electron chi connectivity index (χ4n) is 4.69. The van der Waals surface area contributed by atoms with Gasteiger partial charge < -0.3 is 26.0 Å². The van der Waals surface area contributed by atoms with E-state index in [1.165, 1.54) is 49.8 Å². The molecule has 192 valence electrons. The summed E-state index contributed by atoms with van der Waals surface area (Å²) in [5.41, 5.74) is 15.0. The zero-order valence-electron chi connectivity index (χ0n) is 20.7. The summed E-state index contributed by atoms with van der Waals surface area (Å²) in [6.07, 6.45) is 9.74. The number of benzene rings is 3. The number of esters is 1. The van der Waals surface area contributed by atoms with Crippen LogP contribution in [0.1, 0.15) is 65.1 Å². The van der Waals surface area contributed by atoms with Crippen molar-refractivity contribution in [2.24, 2.45) is 0 Å². The second-order valence-corrected chi connectivity index (χ2v) is 9.27. The van der Waals surface area contributed by atoms with E-state index in [0.717, 1.165) is 5.56 Å². The maximum atomic E-state index is 12.2. The van der Waals surface area contributed by atoms with Crippen LogP contribution in [0.5, 0.6) is 11.5 Å². The van der Waals surface area contributed by atoms with E-state index in [4.69, 9.17) is 20.9 Å². The second-order valence-electron chi connectivity index (χ2n) is 9.27. The Morgan fingerprint density at radius 1 is 0.919 bits per heavy atom. The van der Waals surface area contributed by atoms with Gasteiger partial charge in [-0.3, -0.25) is 0 Å². The van der Waals surface area contributed by atoms with Crippen LogP contribution in [-0.4, -0.2) is 23.7 Å². The summed E-state index contributed by atoms with van der Waals surface area (Å²) in [5.74, 6) is 0.235. The molecule has 4 rings (SSSR count). The van der Waals surface area contributed by atoms with Crippen LogP contribution >= 0.6 is 0 Å². The van der Waals surface area contributed by atoms with E-state index < -0.39 is 11.9 Å². The summed E-state index contributed by atoms with van der Waals surface area (Å²) in [7, 11) is 0. The van der Waals surface area contributed by atoms with E-state index in [2.05, 4.69) is 12.1 Å². The van der Waals surface area contributed by atoms with Crippen molar-refractivity contribution in [1.82, 2.24) is 0 Å². The minimum Gasteiger partial charge on any atom is -0.493 e. The van der Waals surface area contributed by atoms with E-state index >= 15 is 0 Å². The molecule has 37 heavy (non-hydrogen) atoms. The Hall–Kier alpha value is -4.26. The van der Waals surface area contributed by atoms with Gasteiger partial charge >= 0.3 is 11.9 Å². The Balaban J connectivity index is 1.26. The molecule has 0 heterocycles. The number of carboxylic acid groups (broad SMARTS) is 1. The van der Waals surface area contributed by atoms with E-state index in [-0.39, 0.29) is 12.2 Å². The molecule has 1 aliphatic carbocycles. The van der Waals surface area contributed by atoms with Crippen LogP contribution in [0.4, 0.5) is 11.4 Å². The molecule has 3 aromatic carbocycles. The van der Waals surface area contributed by atoms with Crippen LogP contribution in [0, 0.1) is 0 Å². The van der Waals surface area contributed by atoms with Crippen molar-refractivity contribution in [3.63, 3.8) is 0 Å². The highest BCUT2D eigenvalue weighted by Gasteiger charge is 2.16. The summed E-state index contributed by atoms with van der Waals surface area (Å²) in [6.45, 7) is 0.245. The quantitative estimate of drug-likeness (QED) is 0.146. The van der Waals surface area contributed by atoms with Crippen molar-refractivity contribution in [1.29, 1.82) is 0 Å². The maximum absolute atomic E-state index is 12.2. The van der Waals surface area contributed by atoms with Gasteiger partial charge in [-0.05, 0) is 77.9 Å². The molecule has 0 spiro atoms. The predicted molar refractivity (Wildman–Crippen MR) is 145 cm³/mol. The highest BCUT2D eigenvalue weighted by molar-refractivity contribution is 5.92. The predicted octanol–water partition coefficient (Wildman–Crippen LogP) is 5.84. The van der Waals surface area contributed by atoms with Crippen LogP contribution < -0.4 is 20.9 Å². The smallest absolute Gasteiger partial charge is 0.336 e. The topological polar surface area (TPSA) is 125 Å². The van der Waals surface area contributed by atoms with E-state index in [1.807, 2.05) is 24.3 Å². The number of hydrogen-bond donors (Lipinski definition) is 3. The van der Waals surface area contributed by atoms with Gasteiger partial charge in [0.05, 0.1) is 12.2 Å². The van der Waals surface area contributed by atoms with Crippen molar-refractivity contribution < 1.29 is 24.2 Å². The Labute approximate surface area is 216 Å². The monoisotopic (exact) mass is 500 g/mol. The molecule has 0 atom stereocenters. The molecule has 0 aliphatic heterocycles. The molecule has 0 unspecified atom stereocenters. The van der Waals surface area contributed by atoms with Gasteiger partial charge in [0.15, 0.2) is 0 Å². The zero-order valence-corrected chi connectivity index (χ0v) is 20.7. The van der Waals surface area contributed by atoms with Crippen LogP contribution in [0.3, 0.4) is 0 Å². The Kier molecular flexibility index (Phi) is 8.46. The fourth-order valence-corrected chi connectivity index (χ4v) is 4.69. The van der Waals surface area contributed by atoms with Crippen molar-refractivity contribution in [3.05, 3.63) is 89.0 Å². The standard InChI is InChI=1S/C30H32N2O5/c31-23-18-27(30(34)35)26(28(32)19-23)16-17-36-24-11-6-20(7-12-24)8-15-29(33)37-25-13-9-22(10-14-25)21-4-2-1-3-5-21/h6-15,18-19,21H,1-5,16-17,31-32H2,(H,34,35)/b15-8+. The van der Waals surface area contributed by atoms with Gasteiger partial charge in [0, 0.05) is 23.9 Å². The van der Waals surface area contributed by atoms with Crippen molar-refractivity contribution in [2.75, 3.05) is 18.1 Å². The largest absolute Gasteiger partial charge is 0.493 e. The third-order valence-electron chi connectivity index (χ3n) is 6.63. The van der Waals surface area contributed by atoms with Gasteiger partial charge in [0.1, 0.15) is 11.5 Å². The normalized spacial score (nSPS) is 13.9. The first-order chi connectivity index (χ1) is 17.9. The number of carboxylic acids is 1. The number of nitrogen functional groups attached to an aromatic ring is 2. The number of carbonyl (C=O) groups excluding carboxylic acids is 1. The number of anilines is 2. The molecule has 0 saturated heterocycles. The zero-order chi connectivity index (χ0) is 26.2. The number of rotatable bonds is 9. The van der Waals surface area contributed by atoms with Crippen LogP contribution in [0.15, 0.2) is 66.7 Å². The number of ether oxygens (including phenoxy) is 2. The molecule has 7 nitrogen and oxygen atoms in total. The lowest BCUT2D eigenvalue weighted by Gasteiger charge is -2.21. The van der Waals surface area contributed by atoms with Gasteiger partial charge in [0.2, 0.25) is 0 Å². The molecular formula is C30H32N2O5. The summed E-state index contributed by atoms with van der Waals surface area (Å²) in [5, 5.41) is 9.40. The first-order valence-corrected chi connectivity index (χ1v) is 12.5.